The number of nitrogen functional groups attached to an aromatic ring is 1. The van der Waals surface area contributed by atoms with Crippen LogP contribution < -0.4 is 11.1 Å². The highest BCUT2D eigenvalue weighted by Crippen LogP contribution is 2.21. The molecule has 20 heavy (non-hydrogen) atoms. The lowest BCUT2D eigenvalue weighted by Crippen LogP contribution is -2.09. The van der Waals surface area contributed by atoms with Gasteiger partial charge >= 0.3 is 0 Å². The van der Waals surface area contributed by atoms with Gasteiger partial charge in [-0.25, -0.2) is 0 Å². The number of aliphatic hydroxyl groups excluding tert-OH is 1. The SMILES string of the molecule is Cc1cccc(NCCC(O)c2cccc(N)c2)c1C. The third-order valence-corrected chi connectivity index (χ3v) is 3.63. The van der Waals surface area contributed by atoms with E-state index in [-0.39, 0.29) is 0 Å². The summed E-state index contributed by atoms with van der Waals surface area (Å²) in [5.74, 6) is 0. The fraction of sp³-hybridized carbons (Fsp3) is 0.294. The smallest absolute Gasteiger partial charge is 0.0807 e. The summed E-state index contributed by atoms with van der Waals surface area (Å²) in [6.07, 6.45) is 0.160. The molecule has 0 amide bonds. The summed E-state index contributed by atoms with van der Waals surface area (Å²) in [6, 6.07) is 13.6. The van der Waals surface area contributed by atoms with Crippen LogP contribution in [0.3, 0.4) is 0 Å². The minimum atomic E-state index is -0.490. The Morgan fingerprint density at radius 2 is 1.90 bits per heavy atom. The van der Waals surface area contributed by atoms with E-state index in [1.54, 1.807) is 0 Å². The first kappa shape index (κ1) is 14.4. The van der Waals surface area contributed by atoms with Gasteiger partial charge in [-0.15, -0.1) is 0 Å². The largest absolute Gasteiger partial charge is 0.399 e. The first-order valence-corrected chi connectivity index (χ1v) is 6.91. The van der Waals surface area contributed by atoms with Crippen LogP contribution in [-0.4, -0.2) is 11.7 Å². The molecule has 0 fully saturated rings. The molecule has 3 nitrogen and oxygen atoms in total. The summed E-state index contributed by atoms with van der Waals surface area (Å²) < 4.78 is 0. The average Bonchev–Trinajstić information content (AvgIpc) is 2.43. The van der Waals surface area contributed by atoms with Gasteiger partial charge in [-0.2, -0.15) is 0 Å². The van der Waals surface area contributed by atoms with Gasteiger partial charge < -0.3 is 16.2 Å². The van der Waals surface area contributed by atoms with Crippen LogP contribution in [-0.2, 0) is 0 Å². The number of hydrogen-bond donors (Lipinski definition) is 3. The monoisotopic (exact) mass is 270 g/mol. The Morgan fingerprint density at radius 1 is 1.15 bits per heavy atom. The van der Waals surface area contributed by atoms with E-state index < -0.39 is 6.10 Å². The zero-order valence-corrected chi connectivity index (χ0v) is 12.1. The fourth-order valence-electron chi connectivity index (χ4n) is 2.22. The maximum Gasteiger partial charge on any atom is 0.0807 e. The predicted molar refractivity (Wildman–Crippen MR) is 84.8 cm³/mol. The molecule has 0 aliphatic carbocycles. The van der Waals surface area contributed by atoms with Gasteiger partial charge in [-0.1, -0.05) is 24.3 Å². The standard InChI is InChI=1S/C17H22N2O/c1-12-5-3-8-16(13(12)2)19-10-9-17(20)14-6-4-7-15(18)11-14/h3-8,11,17,19-20H,9-10,18H2,1-2H3. The summed E-state index contributed by atoms with van der Waals surface area (Å²) in [6.45, 7) is 4.92. The second kappa shape index (κ2) is 6.44. The first-order valence-electron chi connectivity index (χ1n) is 6.91. The number of aliphatic hydroxyl groups is 1. The highest BCUT2D eigenvalue weighted by Gasteiger charge is 2.08. The quantitative estimate of drug-likeness (QED) is 0.730. The zero-order valence-electron chi connectivity index (χ0n) is 12.1. The number of rotatable bonds is 5. The van der Waals surface area contributed by atoms with E-state index in [4.69, 9.17) is 5.73 Å². The van der Waals surface area contributed by atoms with E-state index in [1.165, 1.54) is 11.1 Å². The molecule has 0 spiro atoms. The van der Waals surface area contributed by atoms with Crippen molar-refractivity contribution in [3.05, 3.63) is 59.2 Å². The van der Waals surface area contributed by atoms with Crippen molar-refractivity contribution in [1.29, 1.82) is 0 Å². The van der Waals surface area contributed by atoms with Crippen LogP contribution in [0.4, 0.5) is 11.4 Å². The van der Waals surface area contributed by atoms with Crippen molar-refractivity contribution in [2.24, 2.45) is 0 Å². The molecule has 0 aliphatic rings. The second-order valence-corrected chi connectivity index (χ2v) is 5.15. The van der Waals surface area contributed by atoms with Crippen molar-refractivity contribution in [3.63, 3.8) is 0 Å². The number of hydrogen-bond acceptors (Lipinski definition) is 3. The Labute approximate surface area is 120 Å². The molecule has 1 atom stereocenters. The zero-order chi connectivity index (χ0) is 14.5. The number of benzene rings is 2. The summed E-state index contributed by atoms with van der Waals surface area (Å²) in [7, 11) is 0. The maximum absolute atomic E-state index is 10.2. The summed E-state index contributed by atoms with van der Waals surface area (Å²) in [5.41, 5.74) is 10.9. The number of nitrogens with two attached hydrogens (primary N) is 1. The van der Waals surface area contributed by atoms with Crippen LogP contribution in [0.15, 0.2) is 42.5 Å². The van der Waals surface area contributed by atoms with Crippen LogP contribution in [0.5, 0.6) is 0 Å². The van der Waals surface area contributed by atoms with Crippen molar-refractivity contribution in [1.82, 2.24) is 0 Å². The summed E-state index contributed by atoms with van der Waals surface area (Å²) in [5, 5.41) is 13.5. The van der Waals surface area contributed by atoms with E-state index in [0.717, 1.165) is 17.8 Å². The summed E-state index contributed by atoms with van der Waals surface area (Å²) >= 11 is 0. The number of aryl methyl sites for hydroxylation is 1. The Bertz CT molecular complexity index is 581. The molecule has 2 aromatic rings. The van der Waals surface area contributed by atoms with Gasteiger partial charge in [0.15, 0.2) is 0 Å². The summed E-state index contributed by atoms with van der Waals surface area (Å²) in [4.78, 5) is 0. The molecule has 106 valence electrons. The van der Waals surface area contributed by atoms with Crippen molar-refractivity contribution in [2.75, 3.05) is 17.6 Å². The maximum atomic E-state index is 10.2. The van der Waals surface area contributed by atoms with Crippen molar-refractivity contribution < 1.29 is 5.11 Å². The molecule has 0 bridgehead atoms. The molecule has 0 heterocycles. The highest BCUT2D eigenvalue weighted by atomic mass is 16.3. The Balaban J connectivity index is 1.91. The second-order valence-electron chi connectivity index (χ2n) is 5.15. The van der Waals surface area contributed by atoms with Gasteiger partial charge in [0.05, 0.1) is 6.10 Å². The van der Waals surface area contributed by atoms with Gasteiger partial charge in [0.2, 0.25) is 0 Å². The van der Waals surface area contributed by atoms with Gasteiger partial charge in [0, 0.05) is 17.9 Å². The third kappa shape index (κ3) is 3.52. The molecule has 0 aliphatic heterocycles. The van der Waals surface area contributed by atoms with Crippen LogP contribution in [0.25, 0.3) is 0 Å². The molecular weight excluding hydrogens is 248 g/mol. The predicted octanol–water partition coefficient (Wildman–Crippen LogP) is 3.42. The Kier molecular flexibility index (Phi) is 4.64. The van der Waals surface area contributed by atoms with Gasteiger partial charge in [-0.05, 0) is 55.2 Å². The van der Waals surface area contributed by atoms with Crippen molar-refractivity contribution in [3.8, 4) is 0 Å². The van der Waals surface area contributed by atoms with E-state index in [9.17, 15) is 5.11 Å². The molecule has 0 radical (unpaired) electrons. The highest BCUT2D eigenvalue weighted by molar-refractivity contribution is 5.53. The van der Waals surface area contributed by atoms with E-state index in [2.05, 4.69) is 31.3 Å². The molecule has 1 unspecified atom stereocenters. The lowest BCUT2D eigenvalue weighted by Gasteiger charge is -2.15. The third-order valence-electron chi connectivity index (χ3n) is 3.63. The van der Waals surface area contributed by atoms with Gasteiger partial charge in [-0.3, -0.25) is 0 Å². The first-order chi connectivity index (χ1) is 9.58. The van der Waals surface area contributed by atoms with Crippen LogP contribution >= 0.6 is 0 Å². The topological polar surface area (TPSA) is 58.3 Å². The van der Waals surface area contributed by atoms with Crippen molar-refractivity contribution >= 4 is 11.4 Å². The minimum Gasteiger partial charge on any atom is -0.399 e. The van der Waals surface area contributed by atoms with Crippen LogP contribution in [0, 0.1) is 13.8 Å². The van der Waals surface area contributed by atoms with Crippen LogP contribution in [0.2, 0.25) is 0 Å². The fourth-order valence-corrected chi connectivity index (χ4v) is 2.22. The molecule has 0 saturated carbocycles. The molecular formula is C17H22N2O. The van der Waals surface area contributed by atoms with E-state index >= 15 is 0 Å². The number of nitrogens with one attached hydrogen (secondary N) is 1. The average molecular weight is 270 g/mol. The van der Waals surface area contributed by atoms with Gasteiger partial charge in [0.1, 0.15) is 0 Å². The molecule has 4 N–H and O–H groups in total. The Morgan fingerprint density at radius 3 is 2.65 bits per heavy atom. The normalized spacial score (nSPS) is 12.2. The molecule has 2 aromatic carbocycles. The van der Waals surface area contributed by atoms with Crippen LogP contribution in [0.1, 0.15) is 29.2 Å². The molecule has 0 saturated heterocycles. The lowest BCUT2D eigenvalue weighted by atomic mass is 10.1. The van der Waals surface area contributed by atoms with E-state index in [1.807, 2.05) is 30.3 Å². The van der Waals surface area contributed by atoms with Crippen molar-refractivity contribution in [2.45, 2.75) is 26.4 Å². The molecule has 2 rings (SSSR count). The van der Waals surface area contributed by atoms with E-state index in [0.29, 0.717) is 12.1 Å². The lowest BCUT2D eigenvalue weighted by molar-refractivity contribution is 0.171. The molecule has 0 aromatic heterocycles. The molecule has 3 heteroatoms. The minimum absolute atomic E-state index is 0.490. The van der Waals surface area contributed by atoms with Gasteiger partial charge in [0.25, 0.3) is 0 Å². The Hall–Kier alpha value is -2.00. The number of anilines is 2.